The molecule has 124 valence electrons. The lowest BCUT2D eigenvalue weighted by molar-refractivity contribution is -0.0278. The molecule has 1 unspecified atom stereocenters. The molecular weight excluding hydrogens is 308 g/mol. The van der Waals surface area contributed by atoms with Crippen molar-refractivity contribution in [3.63, 3.8) is 0 Å². The molecule has 0 aromatic carbocycles. The Hall–Kier alpha value is -0.870. The first-order valence-corrected chi connectivity index (χ1v) is 9.54. The molecule has 1 aromatic heterocycles. The molecular formula is C18H25ClN4. The Morgan fingerprint density at radius 1 is 1.13 bits per heavy atom. The molecule has 2 heterocycles. The summed E-state index contributed by atoms with van der Waals surface area (Å²) < 4.78 is 0. The Bertz CT molecular complexity index is 557. The Labute approximate surface area is 143 Å². The van der Waals surface area contributed by atoms with Gasteiger partial charge in [0.2, 0.25) is 0 Å². The first-order valence-electron chi connectivity index (χ1n) is 9.16. The fourth-order valence-electron chi connectivity index (χ4n) is 6.32. The highest BCUT2D eigenvalue weighted by molar-refractivity contribution is 6.25. The van der Waals surface area contributed by atoms with E-state index in [9.17, 15) is 0 Å². The molecule has 4 aliphatic carbocycles. The summed E-state index contributed by atoms with van der Waals surface area (Å²) in [5.74, 6) is 3.75. The van der Waals surface area contributed by atoms with E-state index in [1.54, 1.807) is 6.33 Å². The zero-order valence-corrected chi connectivity index (χ0v) is 14.3. The van der Waals surface area contributed by atoms with Gasteiger partial charge in [0.1, 0.15) is 12.1 Å². The van der Waals surface area contributed by atoms with Crippen LogP contribution in [-0.2, 0) is 0 Å². The molecule has 6 rings (SSSR count). The van der Waals surface area contributed by atoms with Crippen LogP contribution >= 0.6 is 11.6 Å². The van der Waals surface area contributed by atoms with Gasteiger partial charge in [-0.15, -0.1) is 0 Å². The van der Waals surface area contributed by atoms with Gasteiger partial charge in [-0.2, -0.15) is 0 Å². The molecule has 0 amide bonds. The van der Waals surface area contributed by atoms with Gasteiger partial charge in [0, 0.05) is 24.7 Å². The molecule has 0 radical (unpaired) electrons. The molecule has 4 nitrogen and oxygen atoms in total. The minimum atomic E-state index is -0.472. The maximum Gasteiger partial charge on any atom is 0.170 e. The van der Waals surface area contributed by atoms with Gasteiger partial charge in [-0.3, -0.25) is 5.32 Å². The van der Waals surface area contributed by atoms with Gasteiger partial charge in [-0.25, -0.2) is 9.97 Å². The van der Waals surface area contributed by atoms with Crippen LogP contribution in [0.25, 0.3) is 0 Å². The Kier molecular flexibility index (Phi) is 3.18. The minimum absolute atomic E-state index is 0.270. The number of halogens is 1. The summed E-state index contributed by atoms with van der Waals surface area (Å²) >= 11 is 7.16. The summed E-state index contributed by atoms with van der Waals surface area (Å²) in [6.07, 6.45) is 13.9. The van der Waals surface area contributed by atoms with Crippen molar-refractivity contribution in [1.29, 1.82) is 0 Å². The summed E-state index contributed by atoms with van der Waals surface area (Å²) in [5.41, 5.74) is 0.270. The third kappa shape index (κ3) is 2.37. The van der Waals surface area contributed by atoms with Crippen LogP contribution < -0.4 is 10.2 Å². The fraction of sp³-hybridized carbons (Fsp3) is 0.778. The second-order valence-corrected chi connectivity index (χ2v) is 9.03. The highest BCUT2D eigenvalue weighted by atomic mass is 35.5. The summed E-state index contributed by atoms with van der Waals surface area (Å²) in [6.45, 7) is 0.972. The first-order chi connectivity index (χ1) is 11.1. The van der Waals surface area contributed by atoms with E-state index in [1.807, 2.05) is 12.3 Å². The second kappa shape index (κ2) is 5.06. The highest BCUT2D eigenvalue weighted by Gasteiger charge is 2.55. The van der Waals surface area contributed by atoms with Crippen molar-refractivity contribution < 1.29 is 0 Å². The number of nitrogens with zero attached hydrogens (tertiary/aromatic N) is 3. The number of hydrogen-bond donors (Lipinski definition) is 1. The molecule has 5 fully saturated rings. The molecule has 1 aliphatic heterocycles. The van der Waals surface area contributed by atoms with Crippen LogP contribution in [0.5, 0.6) is 0 Å². The van der Waals surface area contributed by atoms with Crippen molar-refractivity contribution in [2.45, 2.75) is 62.0 Å². The van der Waals surface area contributed by atoms with Crippen LogP contribution in [0.2, 0.25) is 0 Å². The van der Waals surface area contributed by atoms with E-state index in [4.69, 9.17) is 11.6 Å². The summed E-state index contributed by atoms with van der Waals surface area (Å²) in [7, 11) is 0. The fourth-order valence-corrected chi connectivity index (χ4v) is 6.83. The number of alkyl halides is 1. The lowest BCUT2D eigenvalue weighted by Crippen LogP contribution is -2.66. The van der Waals surface area contributed by atoms with Crippen LogP contribution in [0.1, 0.15) is 51.4 Å². The van der Waals surface area contributed by atoms with Gasteiger partial charge in [0.25, 0.3) is 0 Å². The van der Waals surface area contributed by atoms with E-state index in [2.05, 4.69) is 20.2 Å². The summed E-state index contributed by atoms with van der Waals surface area (Å²) in [6, 6.07) is 1.98. The van der Waals surface area contributed by atoms with Gasteiger partial charge < -0.3 is 4.90 Å². The minimum Gasteiger partial charge on any atom is -0.325 e. The van der Waals surface area contributed by atoms with Crippen LogP contribution in [0, 0.1) is 17.8 Å². The molecule has 5 heteroatoms. The van der Waals surface area contributed by atoms with Gasteiger partial charge in [-0.05, 0) is 68.8 Å². The molecule has 4 bridgehead atoms. The van der Waals surface area contributed by atoms with Gasteiger partial charge in [0.05, 0.1) is 0 Å². The van der Waals surface area contributed by atoms with E-state index in [-0.39, 0.29) is 5.54 Å². The number of anilines is 1. The van der Waals surface area contributed by atoms with Gasteiger partial charge in [0.15, 0.2) is 5.12 Å². The molecule has 1 N–H and O–H groups in total. The summed E-state index contributed by atoms with van der Waals surface area (Å²) in [5, 5.41) is 3.51. The van der Waals surface area contributed by atoms with E-state index < -0.39 is 5.12 Å². The molecule has 1 aromatic rings. The van der Waals surface area contributed by atoms with Gasteiger partial charge >= 0.3 is 0 Å². The number of aromatic nitrogens is 2. The van der Waals surface area contributed by atoms with E-state index in [1.165, 1.54) is 38.5 Å². The van der Waals surface area contributed by atoms with Crippen molar-refractivity contribution >= 4 is 17.4 Å². The third-order valence-corrected chi connectivity index (χ3v) is 7.14. The average Bonchev–Trinajstić information content (AvgIpc) is 2.87. The number of nitrogens with one attached hydrogen (secondary N) is 1. The number of hydrogen-bond acceptors (Lipinski definition) is 4. The zero-order chi connectivity index (χ0) is 15.5. The predicted molar refractivity (Wildman–Crippen MR) is 91.2 cm³/mol. The normalized spacial score (nSPS) is 44.9. The zero-order valence-electron chi connectivity index (χ0n) is 13.5. The van der Waals surface area contributed by atoms with Crippen LogP contribution in [0.3, 0.4) is 0 Å². The Morgan fingerprint density at radius 3 is 2.43 bits per heavy atom. The van der Waals surface area contributed by atoms with Crippen LogP contribution in [0.15, 0.2) is 18.6 Å². The van der Waals surface area contributed by atoms with Crippen molar-refractivity contribution in [2.24, 2.45) is 17.8 Å². The van der Waals surface area contributed by atoms with Gasteiger partial charge in [-0.1, -0.05) is 11.6 Å². The monoisotopic (exact) mass is 332 g/mol. The Morgan fingerprint density at radius 2 is 1.83 bits per heavy atom. The molecule has 23 heavy (non-hydrogen) atoms. The lowest BCUT2D eigenvalue weighted by Gasteiger charge is -2.59. The maximum atomic E-state index is 7.16. The van der Waals surface area contributed by atoms with Crippen LogP contribution in [0.4, 0.5) is 5.82 Å². The average molecular weight is 333 g/mol. The summed E-state index contributed by atoms with van der Waals surface area (Å²) in [4.78, 5) is 10.7. The van der Waals surface area contributed by atoms with E-state index >= 15 is 0 Å². The quantitative estimate of drug-likeness (QED) is 0.679. The molecule has 4 saturated carbocycles. The molecule has 5 aliphatic rings. The van der Waals surface area contributed by atoms with Crippen molar-refractivity contribution in [3.8, 4) is 0 Å². The maximum absolute atomic E-state index is 7.16. The van der Waals surface area contributed by atoms with Crippen LogP contribution in [-0.4, -0.2) is 27.2 Å². The lowest BCUT2D eigenvalue weighted by atomic mass is 9.53. The highest BCUT2D eigenvalue weighted by Crippen LogP contribution is 2.56. The predicted octanol–water partition coefficient (Wildman–Crippen LogP) is 3.53. The Balaban J connectivity index is 1.42. The number of rotatable bonds is 3. The molecule has 1 atom stereocenters. The third-order valence-electron chi connectivity index (χ3n) is 6.66. The van der Waals surface area contributed by atoms with Crippen molar-refractivity contribution in [3.05, 3.63) is 18.6 Å². The molecule has 1 saturated heterocycles. The van der Waals surface area contributed by atoms with Crippen molar-refractivity contribution in [1.82, 2.24) is 15.3 Å². The second-order valence-electron chi connectivity index (χ2n) is 8.40. The molecule has 0 spiro atoms. The van der Waals surface area contributed by atoms with E-state index in [0.717, 1.165) is 43.0 Å². The first kappa shape index (κ1) is 14.5. The van der Waals surface area contributed by atoms with Crippen molar-refractivity contribution in [2.75, 3.05) is 11.4 Å². The smallest absolute Gasteiger partial charge is 0.170 e. The largest absolute Gasteiger partial charge is 0.325 e. The standard InChI is InChI=1S/C18H25ClN4/c19-18(3-1-5-23(18)16-2-4-20-12-21-16)22-17-9-13-6-14(10-17)8-15(7-13)11-17/h2,4,12-15,22H,1,3,5-11H2. The van der Waals surface area contributed by atoms with E-state index in [0.29, 0.717) is 0 Å². The topological polar surface area (TPSA) is 41.0 Å². The SMILES string of the molecule is ClC1(NC23CC4CC(CC(C4)C2)C3)CCCN1c1ccncn1.